The highest BCUT2D eigenvalue weighted by Crippen LogP contribution is 2.27. The van der Waals surface area contributed by atoms with Gasteiger partial charge in [0.25, 0.3) is 5.91 Å². The number of benzene rings is 1. The molecule has 0 saturated heterocycles. The van der Waals surface area contributed by atoms with Crippen LogP contribution in [0.4, 0.5) is 17.6 Å². The number of halogens is 4. The first-order valence-electron chi connectivity index (χ1n) is 5.75. The Morgan fingerprint density at radius 3 is 2.50 bits per heavy atom. The molecule has 3 nitrogen and oxygen atoms in total. The predicted octanol–water partition coefficient (Wildman–Crippen LogP) is 2.86. The Balaban J connectivity index is 2.93. The summed E-state index contributed by atoms with van der Waals surface area (Å²) in [5.41, 5.74) is 1.30. The van der Waals surface area contributed by atoms with E-state index in [2.05, 4.69) is 0 Å². The third kappa shape index (κ3) is 3.40. The number of aryl methyl sites for hydroxylation is 1. The number of nitrogens with zero attached hydrogens (tertiary/aromatic N) is 1. The van der Waals surface area contributed by atoms with Crippen LogP contribution < -0.4 is 4.74 Å². The first-order valence-corrected chi connectivity index (χ1v) is 5.75. The largest absolute Gasteiger partial charge is 0.496 e. The van der Waals surface area contributed by atoms with Gasteiger partial charge in [-0.25, -0.2) is 8.78 Å². The second-order valence-corrected chi connectivity index (χ2v) is 4.40. The molecule has 0 aliphatic rings. The van der Waals surface area contributed by atoms with Gasteiger partial charge >= 0.3 is 12.3 Å². The SMILES string of the molecule is COc1ccc(C)cc1CN(C)C(=O)C(F)(F)C(F)F. The Kier molecular flexibility index (Phi) is 4.97. The molecule has 0 aliphatic carbocycles. The van der Waals surface area contributed by atoms with Crippen molar-refractivity contribution in [1.29, 1.82) is 0 Å². The fourth-order valence-electron chi connectivity index (χ4n) is 1.71. The Morgan fingerprint density at radius 2 is 2.00 bits per heavy atom. The molecular weight excluding hydrogens is 278 g/mol. The van der Waals surface area contributed by atoms with Gasteiger partial charge in [0, 0.05) is 19.2 Å². The molecule has 0 aliphatic heterocycles. The Bertz CT molecular complexity index is 491. The van der Waals surface area contributed by atoms with Gasteiger partial charge in [-0.1, -0.05) is 17.7 Å². The lowest BCUT2D eigenvalue weighted by atomic mass is 10.1. The molecule has 1 aromatic carbocycles. The van der Waals surface area contributed by atoms with Crippen molar-refractivity contribution in [2.45, 2.75) is 25.8 Å². The molecule has 112 valence electrons. The highest BCUT2D eigenvalue weighted by molar-refractivity contribution is 5.83. The molecule has 1 rings (SSSR count). The average molecular weight is 293 g/mol. The molecule has 0 spiro atoms. The van der Waals surface area contributed by atoms with Crippen LogP contribution in [0.1, 0.15) is 11.1 Å². The van der Waals surface area contributed by atoms with Crippen LogP contribution in [0.25, 0.3) is 0 Å². The zero-order valence-electron chi connectivity index (χ0n) is 11.3. The minimum Gasteiger partial charge on any atom is -0.496 e. The van der Waals surface area contributed by atoms with Gasteiger partial charge < -0.3 is 9.64 Å². The van der Waals surface area contributed by atoms with E-state index in [0.717, 1.165) is 12.6 Å². The molecule has 1 aromatic rings. The summed E-state index contributed by atoms with van der Waals surface area (Å²) in [5.74, 6) is -6.21. The number of rotatable bonds is 5. The summed E-state index contributed by atoms with van der Waals surface area (Å²) in [7, 11) is 2.43. The summed E-state index contributed by atoms with van der Waals surface area (Å²) >= 11 is 0. The highest BCUT2D eigenvalue weighted by Gasteiger charge is 2.50. The normalized spacial score (nSPS) is 11.6. The second-order valence-electron chi connectivity index (χ2n) is 4.40. The van der Waals surface area contributed by atoms with Crippen molar-refractivity contribution < 1.29 is 27.1 Å². The van der Waals surface area contributed by atoms with Crippen LogP contribution in [0.3, 0.4) is 0 Å². The summed E-state index contributed by atoms with van der Waals surface area (Å²) in [6.07, 6.45) is -4.03. The number of amides is 1. The number of hydrogen-bond donors (Lipinski definition) is 0. The molecule has 0 saturated carbocycles. The minimum absolute atomic E-state index is 0.244. The number of ether oxygens (including phenoxy) is 1. The van der Waals surface area contributed by atoms with E-state index < -0.39 is 18.3 Å². The monoisotopic (exact) mass is 293 g/mol. The fourth-order valence-corrected chi connectivity index (χ4v) is 1.71. The van der Waals surface area contributed by atoms with Crippen molar-refractivity contribution in [2.24, 2.45) is 0 Å². The molecule has 0 unspecified atom stereocenters. The van der Waals surface area contributed by atoms with Crippen LogP contribution in [0.5, 0.6) is 5.75 Å². The fraction of sp³-hybridized carbons (Fsp3) is 0.462. The summed E-state index contributed by atoms with van der Waals surface area (Å²) in [4.78, 5) is 11.9. The second kappa shape index (κ2) is 6.11. The molecule has 20 heavy (non-hydrogen) atoms. The van der Waals surface area contributed by atoms with Crippen LogP contribution in [0.15, 0.2) is 18.2 Å². The van der Waals surface area contributed by atoms with Crippen LogP contribution in [0, 0.1) is 6.92 Å². The van der Waals surface area contributed by atoms with Crippen LogP contribution in [-0.2, 0) is 11.3 Å². The average Bonchev–Trinajstić information content (AvgIpc) is 2.37. The molecular formula is C13H15F4NO2. The third-order valence-corrected chi connectivity index (χ3v) is 2.75. The summed E-state index contributed by atoms with van der Waals surface area (Å²) in [5, 5.41) is 0. The number of carbonyl (C=O) groups is 1. The minimum atomic E-state index is -4.69. The summed E-state index contributed by atoms with van der Waals surface area (Å²) < 4.78 is 55.3. The van der Waals surface area contributed by atoms with E-state index in [1.54, 1.807) is 25.1 Å². The van der Waals surface area contributed by atoms with E-state index in [-0.39, 0.29) is 6.54 Å². The molecule has 0 heterocycles. The molecule has 7 heteroatoms. The number of alkyl halides is 4. The van der Waals surface area contributed by atoms with E-state index in [0.29, 0.717) is 16.2 Å². The zero-order chi connectivity index (χ0) is 15.5. The maximum absolute atomic E-state index is 13.0. The standard InChI is InChI=1S/C13H15F4NO2/c1-8-4-5-10(20-3)9(6-8)7-18(2)12(19)13(16,17)11(14)15/h4-6,11H,7H2,1-3H3. The van der Waals surface area contributed by atoms with Gasteiger partial charge in [0.15, 0.2) is 0 Å². The van der Waals surface area contributed by atoms with Gasteiger partial charge in [-0.05, 0) is 13.0 Å². The van der Waals surface area contributed by atoms with E-state index >= 15 is 0 Å². The number of hydrogen-bond acceptors (Lipinski definition) is 2. The van der Waals surface area contributed by atoms with Crippen molar-refractivity contribution in [3.05, 3.63) is 29.3 Å². The molecule has 0 fully saturated rings. The number of carbonyl (C=O) groups excluding carboxylic acids is 1. The van der Waals surface area contributed by atoms with E-state index in [4.69, 9.17) is 4.74 Å². The molecule has 0 radical (unpaired) electrons. The van der Waals surface area contributed by atoms with E-state index in [1.807, 2.05) is 0 Å². The third-order valence-electron chi connectivity index (χ3n) is 2.75. The van der Waals surface area contributed by atoms with Crippen molar-refractivity contribution in [3.63, 3.8) is 0 Å². The smallest absolute Gasteiger partial charge is 0.383 e. The van der Waals surface area contributed by atoms with Gasteiger partial charge in [0.2, 0.25) is 0 Å². The Morgan fingerprint density at radius 1 is 1.40 bits per heavy atom. The lowest BCUT2D eigenvalue weighted by Gasteiger charge is -2.23. The van der Waals surface area contributed by atoms with Crippen molar-refractivity contribution in [1.82, 2.24) is 4.90 Å². The van der Waals surface area contributed by atoms with Gasteiger partial charge in [-0.2, -0.15) is 8.78 Å². The van der Waals surface area contributed by atoms with E-state index in [1.165, 1.54) is 7.11 Å². The highest BCUT2D eigenvalue weighted by atomic mass is 19.3. The predicted molar refractivity (Wildman–Crippen MR) is 65.2 cm³/mol. The first-order chi connectivity index (χ1) is 9.20. The molecule has 0 atom stereocenters. The van der Waals surface area contributed by atoms with Gasteiger partial charge in [0.05, 0.1) is 7.11 Å². The summed E-state index contributed by atoms with van der Waals surface area (Å²) in [6.45, 7) is 1.53. The lowest BCUT2D eigenvalue weighted by molar-refractivity contribution is -0.179. The zero-order valence-corrected chi connectivity index (χ0v) is 11.3. The maximum atomic E-state index is 13.0. The van der Waals surface area contributed by atoms with E-state index in [9.17, 15) is 22.4 Å². The van der Waals surface area contributed by atoms with Gasteiger partial charge in [0.1, 0.15) is 5.75 Å². The topological polar surface area (TPSA) is 29.5 Å². The maximum Gasteiger partial charge on any atom is 0.383 e. The molecule has 1 amide bonds. The lowest BCUT2D eigenvalue weighted by Crippen LogP contribution is -2.45. The van der Waals surface area contributed by atoms with Gasteiger partial charge in [-0.3, -0.25) is 4.79 Å². The quantitative estimate of drug-likeness (QED) is 0.781. The Labute approximate surface area is 114 Å². The first kappa shape index (κ1) is 16.3. The molecule has 0 aromatic heterocycles. The molecule has 0 N–H and O–H groups in total. The molecule has 0 bridgehead atoms. The van der Waals surface area contributed by atoms with Crippen LogP contribution in [-0.4, -0.2) is 37.3 Å². The van der Waals surface area contributed by atoms with Crippen LogP contribution >= 0.6 is 0 Å². The van der Waals surface area contributed by atoms with Crippen LogP contribution in [0.2, 0.25) is 0 Å². The summed E-state index contributed by atoms with van der Waals surface area (Å²) in [6, 6.07) is 5.01. The van der Waals surface area contributed by atoms with Crippen molar-refractivity contribution in [3.8, 4) is 5.75 Å². The van der Waals surface area contributed by atoms with Crippen molar-refractivity contribution in [2.75, 3.05) is 14.2 Å². The van der Waals surface area contributed by atoms with Gasteiger partial charge in [-0.15, -0.1) is 0 Å². The Hall–Kier alpha value is -1.79. The number of methoxy groups -OCH3 is 1. The van der Waals surface area contributed by atoms with Crippen molar-refractivity contribution >= 4 is 5.91 Å².